The highest BCUT2D eigenvalue weighted by atomic mass is 32.2. The zero-order chi connectivity index (χ0) is 21.1. The van der Waals surface area contributed by atoms with Gasteiger partial charge in [-0.1, -0.05) is 24.3 Å². The largest absolute Gasteiger partial charge is 0.414 e. The zero-order valence-electron chi connectivity index (χ0n) is 16.1. The predicted molar refractivity (Wildman–Crippen MR) is 102 cm³/mol. The summed E-state index contributed by atoms with van der Waals surface area (Å²) in [7, 11) is -3.76. The Morgan fingerprint density at radius 1 is 1.14 bits per heavy atom. The maximum absolute atomic E-state index is 12.8. The minimum Gasteiger partial charge on any atom is -0.392 e. The van der Waals surface area contributed by atoms with E-state index in [1.165, 1.54) is 0 Å². The first-order valence-corrected chi connectivity index (χ1v) is 11.4. The third-order valence-corrected chi connectivity index (χ3v) is 6.69. The average molecular weight is 436 g/mol. The highest BCUT2D eigenvalue weighted by Gasteiger charge is 2.44. The second-order valence-electron chi connectivity index (χ2n) is 7.82. The first-order chi connectivity index (χ1) is 13.6. The molecule has 2 heterocycles. The summed E-state index contributed by atoms with van der Waals surface area (Å²) in [6.45, 7) is 2.30. The van der Waals surface area contributed by atoms with Gasteiger partial charge in [-0.05, 0) is 36.8 Å². The van der Waals surface area contributed by atoms with Gasteiger partial charge in [-0.2, -0.15) is 13.2 Å². The van der Waals surface area contributed by atoms with Crippen LogP contribution in [0.15, 0.2) is 24.3 Å². The molecule has 0 saturated carbocycles. The van der Waals surface area contributed by atoms with Crippen LogP contribution in [0.25, 0.3) is 0 Å². The number of ether oxygens (including phenoxy) is 1. The number of nitrogens with one attached hydrogen (secondary N) is 1. The molecular weight excluding hydrogens is 409 g/mol. The number of alkyl halides is 3. The molecule has 0 aromatic heterocycles. The van der Waals surface area contributed by atoms with E-state index in [1.54, 1.807) is 0 Å². The van der Waals surface area contributed by atoms with Gasteiger partial charge in [0.1, 0.15) is 0 Å². The summed E-state index contributed by atoms with van der Waals surface area (Å²) in [4.78, 5) is 2.15. The average Bonchev–Trinajstić information content (AvgIpc) is 3.05. The highest BCUT2D eigenvalue weighted by molar-refractivity contribution is 7.89. The molecule has 3 unspecified atom stereocenters. The van der Waals surface area contributed by atoms with E-state index in [9.17, 15) is 26.7 Å². The summed E-state index contributed by atoms with van der Waals surface area (Å²) in [6.07, 6.45) is -6.35. The molecule has 6 nitrogen and oxygen atoms in total. The van der Waals surface area contributed by atoms with Crippen LogP contribution < -0.4 is 4.72 Å². The van der Waals surface area contributed by atoms with Crippen LogP contribution >= 0.6 is 0 Å². The molecule has 2 N–H and O–H groups in total. The monoisotopic (exact) mass is 436 g/mol. The second kappa shape index (κ2) is 9.30. The van der Waals surface area contributed by atoms with E-state index < -0.39 is 34.2 Å². The number of likely N-dealkylation sites (tertiary alicyclic amines) is 1. The van der Waals surface area contributed by atoms with E-state index in [-0.39, 0.29) is 19.1 Å². The number of nitrogens with zero attached hydrogens (tertiary/aromatic N) is 1. The van der Waals surface area contributed by atoms with Gasteiger partial charge < -0.3 is 9.84 Å². The number of aliphatic hydroxyl groups is 1. The topological polar surface area (TPSA) is 78.9 Å². The number of aliphatic hydroxyl groups excluding tert-OH is 1. The van der Waals surface area contributed by atoms with Gasteiger partial charge in [-0.3, -0.25) is 4.90 Å². The van der Waals surface area contributed by atoms with Crippen LogP contribution in [0, 0.1) is 0 Å². The first-order valence-electron chi connectivity index (χ1n) is 9.78. The standard InChI is InChI=1S/C19H27F3N2O4S/c20-19(21,22)18-3-1-2-17(28-18)13-29(26,27)23-10-14-4-6-15(7-5-14)11-24-9-8-16(25)12-24/h4-7,16-18,23,25H,1-3,8-13H2. The molecule has 1 aromatic carbocycles. The summed E-state index contributed by atoms with van der Waals surface area (Å²) in [5.41, 5.74) is 1.83. The molecule has 1 aromatic rings. The number of hydrogen-bond acceptors (Lipinski definition) is 5. The molecule has 10 heteroatoms. The van der Waals surface area contributed by atoms with E-state index >= 15 is 0 Å². The van der Waals surface area contributed by atoms with E-state index in [1.807, 2.05) is 24.3 Å². The van der Waals surface area contributed by atoms with E-state index in [0.29, 0.717) is 19.4 Å². The zero-order valence-corrected chi connectivity index (χ0v) is 16.9. The molecule has 0 spiro atoms. The lowest BCUT2D eigenvalue weighted by Crippen LogP contribution is -2.42. The summed E-state index contributed by atoms with van der Waals surface area (Å²) >= 11 is 0. The first kappa shape index (κ1) is 22.5. The van der Waals surface area contributed by atoms with Crippen LogP contribution in [0.2, 0.25) is 0 Å². The number of hydrogen-bond donors (Lipinski definition) is 2. The molecule has 3 rings (SSSR count). The number of halogens is 3. The number of sulfonamides is 1. The Morgan fingerprint density at radius 2 is 1.83 bits per heavy atom. The highest BCUT2D eigenvalue weighted by Crippen LogP contribution is 2.32. The normalized spacial score (nSPS) is 26.7. The van der Waals surface area contributed by atoms with Gasteiger partial charge in [0.15, 0.2) is 6.10 Å². The Bertz CT molecular complexity index is 771. The lowest BCUT2D eigenvalue weighted by molar-refractivity contribution is -0.242. The SMILES string of the molecule is O=S(=O)(CC1CCCC(C(F)(F)F)O1)NCc1ccc(CN2CCC(O)C2)cc1. The second-order valence-corrected chi connectivity index (χ2v) is 9.67. The van der Waals surface area contributed by atoms with Crippen molar-refractivity contribution in [1.29, 1.82) is 0 Å². The Morgan fingerprint density at radius 3 is 2.45 bits per heavy atom. The quantitative estimate of drug-likeness (QED) is 0.685. The third kappa shape index (κ3) is 6.92. The van der Waals surface area contributed by atoms with Gasteiger partial charge in [0.2, 0.25) is 10.0 Å². The minimum atomic E-state index is -4.47. The van der Waals surface area contributed by atoms with Gasteiger partial charge in [0.05, 0.1) is 18.0 Å². The van der Waals surface area contributed by atoms with Crippen molar-refractivity contribution in [2.75, 3.05) is 18.8 Å². The van der Waals surface area contributed by atoms with Crippen LogP contribution in [-0.2, 0) is 27.8 Å². The molecule has 2 fully saturated rings. The fraction of sp³-hybridized carbons (Fsp3) is 0.684. The number of rotatable bonds is 7. The molecule has 2 aliphatic heterocycles. The van der Waals surface area contributed by atoms with Crippen molar-refractivity contribution in [3.8, 4) is 0 Å². The van der Waals surface area contributed by atoms with Crippen molar-refractivity contribution in [3.63, 3.8) is 0 Å². The van der Waals surface area contributed by atoms with Gasteiger partial charge in [0, 0.05) is 26.2 Å². The number of β-amino-alcohol motifs (C(OH)–C–C–N with tert-alkyl or cyclic N) is 1. The summed E-state index contributed by atoms with van der Waals surface area (Å²) in [6, 6.07) is 7.46. The summed E-state index contributed by atoms with van der Waals surface area (Å²) in [5.74, 6) is -0.477. The van der Waals surface area contributed by atoms with Crippen molar-refractivity contribution in [1.82, 2.24) is 9.62 Å². The van der Waals surface area contributed by atoms with Crippen molar-refractivity contribution >= 4 is 10.0 Å². The predicted octanol–water partition coefficient (Wildman–Crippen LogP) is 2.17. The molecule has 164 valence electrons. The fourth-order valence-corrected chi connectivity index (χ4v) is 4.98. The molecule has 0 bridgehead atoms. The van der Waals surface area contributed by atoms with Gasteiger partial charge in [0.25, 0.3) is 0 Å². The molecule has 2 saturated heterocycles. The lowest BCUT2D eigenvalue weighted by Gasteiger charge is -2.31. The maximum Gasteiger partial charge on any atom is 0.414 e. The van der Waals surface area contributed by atoms with Crippen molar-refractivity contribution in [3.05, 3.63) is 35.4 Å². The van der Waals surface area contributed by atoms with Crippen LogP contribution in [-0.4, -0.2) is 61.8 Å². The lowest BCUT2D eigenvalue weighted by atomic mass is 10.0. The summed E-state index contributed by atoms with van der Waals surface area (Å²) in [5, 5.41) is 9.57. The van der Waals surface area contributed by atoms with E-state index in [2.05, 4.69) is 9.62 Å². The van der Waals surface area contributed by atoms with Gasteiger partial charge >= 0.3 is 6.18 Å². The Hall–Kier alpha value is -1.20. The molecule has 2 aliphatic rings. The molecule has 29 heavy (non-hydrogen) atoms. The van der Waals surface area contributed by atoms with Crippen LogP contribution in [0.1, 0.15) is 36.8 Å². The van der Waals surface area contributed by atoms with E-state index in [0.717, 1.165) is 30.6 Å². The summed E-state index contributed by atoms with van der Waals surface area (Å²) < 4.78 is 70.3. The molecule has 0 amide bonds. The van der Waals surface area contributed by atoms with Crippen LogP contribution in [0.5, 0.6) is 0 Å². The maximum atomic E-state index is 12.8. The molecule has 0 radical (unpaired) electrons. The minimum absolute atomic E-state index is 0.0699. The Kier molecular flexibility index (Phi) is 7.21. The fourth-order valence-electron chi connectivity index (χ4n) is 3.74. The smallest absolute Gasteiger partial charge is 0.392 e. The Labute approximate surface area is 169 Å². The van der Waals surface area contributed by atoms with Crippen molar-refractivity contribution in [2.45, 2.75) is 63.3 Å². The van der Waals surface area contributed by atoms with Gasteiger partial charge in [-0.25, -0.2) is 13.1 Å². The van der Waals surface area contributed by atoms with Crippen molar-refractivity contribution < 1.29 is 31.4 Å². The molecular formula is C19H27F3N2O4S. The molecule has 3 atom stereocenters. The van der Waals surface area contributed by atoms with E-state index in [4.69, 9.17) is 4.74 Å². The third-order valence-electron chi connectivity index (χ3n) is 5.29. The molecule has 0 aliphatic carbocycles. The number of benzene rings is 1. The Balaban J connectivity index is 1.47. The van der Waals surface area contributed by atoms with Crippen LogP contribution in [0.4, 0.5) is 13.2 Å². The van der Waals surface area contributed by atoms with Crippen molar-refractivity contribution in [2.24, 2.45) is 0 Å². The van der Waals surface area contributed by atoms with Crippen LogP contribution in [0.3, 0.4) is 0 Å². The van der Waals surface area contributed by atoms with Gasteiger partial charge in [-0.15, -0.1) is 0 Å².